The molecule has 1 aromatic carbocycles. The molecule has 0 aliphatic heterocycles. The van der Waals surface area contributed by atoms with Crippen LogP contribution in [0.5, 0.6) is 0 Å². The van der Waals surface area contributed by atoms with Crippen LogP contribution in [-0.2, 0) is 11.3 Å². The van der Waals surface area contributed by atoms with Crippen molar-refractivity contribution in [3.8, 4) is 0 Å². The Balaban J connectivity index is 1.71. The molecule has 0 amide bonds. The zero-order valence-corrected chi connectivity index (χ0v) is 12.3. The summed E-state index contributed by atoms with van der Waals surface area (Å²) in [5, 5.41) is 12.6. The van der Waals surface area contributed by atoms with Gasteiger partial charge >= 0.3 is 0 Å². The van der Waals surface area contributed by atoms with E-state index in [-0.39, 0.29) is 19.0 Å². The first-order valence-corrected chi connectivity index (χ1v) is 6.91. The van der Waals surface area contributed by atoms with Crippen LogP contribution in [0.15, 0.2) is 45.5 Å². The highest BCUT2D eigenvalue weighted by molar-refractivity contribution is 9.10. The summed E-state index contributed by atoms with van der Waals surface area (Å²) in [6.45, 7) is 0.643. The van der Waals surface area contributed by atoms with E-state index in [0.29, 0.717) is 18.1 Å². The maximum Gasteiger partial charge on any atom is 0.146 e. The number of hydrogen-bond acceptors (Lipinski definition) is 4. The summed E-state index contributed by atoms with van der Waals surface area (Å²) in [5.41, 5.74) is 0.337. The number of benzene rings is 1. The van der Waals surface area contributed by atoms with Crippen LogP contribution in [0.4, 0.5) is 10.1 Å². The lowest BCUT2D eigenvalue weighted by molar-refractivity contribution is 0.0282. The van der Waals surface area contributed by atoms with E-state index in [9.17, 15) is 9.50 Å². The highest BCUT2D eigenvalue weighted by Gasteiger charge is 2.08. The van der Waals surface area contributed by atoms with Crippen LogP contribution < -0.4 is 5.32 Å². The molecule has 0 radical (unpaired) electrons. The number of anilines is 1. The highest BCUT2D eigenvalue weighted by atomic mass is 79.9. The number of furan rings is 1. The van der Waals surface area contributed by atoms with E-state index in [0.717, 1.165) is 4.47 Å². The largest absolute Gasteiger partial charge is 0.467 e. The number of nitrogens with one attached hydrogen (secondary N) is 1. The van der Waals surface area contributed by atoms with Gasteiger partial charge < -0.3 is 19.6 Å². The molecule has 0 aliphatic carbocycles. The van der Waals surface area contributed by atoms with Gasteiger partial charge in [0, 0.05) is 11.0 Å². The van der Waals surface area contributed by atoms with Crippen LogP contribution >= 0.6 is 15.9 Å². The minimum atomic E-state index is -0.733. The van der Waals surface area contributed by atoms with Gasteiger partial charge in [-0.15, -0.1) is 0 Å². The fraction of sp³-hybridized carbons (Fsp3) is 0.286. The Labute approximate surface area is 124 Å². The molecule has 20 heavy (non-hydrogen) atoms. The zero-order valence-electron chi connectivity index (χ0n) is 10.7. The average Bonchev–Trinajstić information content (AvgIpc) is 2.93. The number of aliphatic hydroxyl groups excluding tert-OH is 1. The topological polar surface area (TPSA) is 54.6 Å². The van der Waals surface area contributed by atoms with Crippen LogP contribution in [0, 0.1) is 5.82 Å². The molecular weight excluding hydrogens is 329 g/mol. The van der Waals surface area contributed by atoms with E-state index in [1.807, 2.05) is 0 Å². The smallest absolute Gasteiger partial charge is 0.146 e. The molecule has 4 nitrogen and oxygen atoms in total. The van der Waals surface area contributed by atoms with Gasteiger partial charge in [0.25, 0.3) is 0 Å². The van der Waals surface area contributed by atoms with Crippen LogP contribution in [0.3, 0.4) is 0 Å². The first-order chi connectivity index (χ1) is 9.65. The summed E-state index contributed by atoms with van der Waals surface area (Å²) in [7, 11) is 0. The van der Waals surface area contributed by atoms with Gasteiger partial charge in [-0.2, -0.15) is 0 Å². The average molecular weight is 344 g/mol. The van der Waals surface area contributed by atoms with Crippen molar-refractivity contribution in [2.75, 3.05) is 18.5 Å². The highest BCUT2D eigenvalue weighted by Crippen LogP contribution is 2.19. The summed E-state index contributed by atoms with van der Waals surface area (Å²) in [6, 6.07) is 8.15. The summed E-state index contributed by atoms with van der Waals surface area (Å²) in [4.78, 5) is 0. The maximum atomic E-state index is 13.4. The Morgan fingerprint density at radius 1 is 1.40 bits per heavy atom. The maximum absolute atomic E-state index is 13.4. The molecule has 0 saturated heterocycles. The second kappa shape index (κ2) is 7.42. The number of hydrogen-bond donors (Lipinski definition) is 2. The number of ether oxygens (including phenoxy) is 1. The van der Waals surface area contributed by atoms with Crippen molar-refractivity contribution in [2.24, 2.45) is 0 Å². The molecule has 0 aliphatic rings. The van der Waals surface area contributed by atoms with Gasteiger partial charge in [-0.3, -0.25) is 0 Å². The molecule has 2 N–H and O–H groups in total. The standard InChI is InChI=1S/C14H15BrFNO3/c15-10-3-4-13(16)14(6-10)17-7-11(18)8-19-9-12-2-1-5-20-12/h1-6,11,17-18H,7-9H2. The van der Waals surface area contributed by atoms with Crippen LogP contribution in [-0.4, -0.2) is 24.4 Å². The number of aliphatic hydroxyl groups is 1. The summed E-state index contributed by atoms with van der Waals surface area (Å²) >= 11 is 3.26. The lowest BCUT2D eigenvalue weighted by Crippen LogP contribution is -2.25. The fourth-order valence-corrected chi connectivity index (χ4v) is 1.97. The zero-order chi connectivity index (χ0) is 14.4. The van der Waals surface area contributed by atoms with E-state index in [2.05, 4.69) is 21.2 Å². The second-order valence-electron chi connectivity index (χ2n) is 4.25. The molecule has 0 spiro atoms. The van der Waals surface area contributed by atoms with Gasteiger partial charge in [0.1, 0.15) is 18.2 Å². The van der Waals surface area contributed by atoms with E-state index in [1.54, 1.807) is 30.5 Å². The van der Waals surface area contributed by atoms with Crippen molar-refractivity contribution in [2.45, 2.75) is 12.7 Å². The first kappa shape index (κ1) is 15.0. The summed E-state index contributed by atoms with van der Waals surface area (Å²) in [5.74, 6) is 0.333. The predicted molar refractivity (Wildman–Crippen MR) is 77.0 cm³/mol. The van der Waals surface area contributed by atoms with Gasteiger partial charge in [0.2, 0.25) is 0 Å². The lowest BCUT2D eigenvalue weighted by Gasteiger charge is -2.13. The molecule has 1 unspecified atom stereocenters. The minimum Gasteiger partial charge on any atom is -0.467 e. The van der Waals surface area contributed by atoms with Crippen molar-refractivity contribution < 1.29 is 18.7 Å². The SMILES string of the molecule is OC(CNc1cc(Br)ccc1F)COCc1ccco1. The van der Waals surface area contributed by atoms with Crippen molar-refractivity contribution in [1.82, 2.24) is 0 Å². The van der Waals surface area contributed by atoms with E-state index in [1.165, 1.54) is 6.07 Å². The molecule has 108 valence electrons. The van der Waals surface area contributed by atoms with Crippen molar-refractivity contribution in [3.05, 3.63) is 52.6 Å². The first-order valence-electron chi connectivity index (χ1n) is 6.12. The third kappa shape index (κ3) is 4.63. The Kier molecular flexibility index (Phi) is 5.58. The predicted octanol–water partition coefficient (Wildman–Crippen LogP) is 3.17. The third-order valence-corrected chi connectivity index (χ3v) is 3.08. The van der Waals surface area contributed by atoms with Gasteiger partial charge in [0.15, 0.2) is 0 Å². The van der Waals surface area contributed by atoms with Gasteiger partial charge in [-0.1, -0.05) is 15.9 Å². The molecular formula is C14H15BrFNO3. The van der Waals surface area contributed by atoms with Crippen LogP contribution in [0.1, 0.15) is 5.76 Å². The fourth-order valence-electron chi connectivity index (χ4n) is 1.61. The summed E-state index contributed by atoms with van der Waals surface area (Å²) in [6.07, 6.45) is 0.829. The molecule has 1 heterocycles. The van der Waals surface area contributed by atoms with Crippen LogP contribution in [0.25, 0.3) is 0 Å². The molecule has 0 saturated carbocycles. The Morgan fingerprint density at radius 3 is 3.00 bits per heavy atom. The Bertz CT molecular complexity index is 533. The van der Waals surface area contributed by atoms with Crippen molar-refractivity contribution in [3.63, 3.8) is 0 Å². The molecule has 2 rings (SSSR count). The lowest BCUT2D eigenvalue weighted by atomic mass is 10.3. The molecule has 6 heteroatoms. The number of halogens is 2. The molecule has 0 bridgehead atoms. The molecule has 0 fully saturated rings. The van der Waals surface area contributed by atoms with E-state index >= 15 is 0 Å². The Morgan fingerprint density at radius 2 is 2.25 bits per heavy atom. The second-order valence-corrected chi connectivity index (χ2v) is 5.17. The van der Waals surface area contributed by atoms with E-state index in [4.69, 9.17) is 9.15 Å². The normalized spacial score (nSPS) is 12.3. The van der Waals surface area contributed by atoms with Gasteiger partial charge in [-0.05, 0) is 30.3 Å². The van der Waals surface area contributed by atoms with Gasteiger partial charge in [-0.25, -0.2) is 4.39 Å². The molecule has 1 atom stereocenters. The number of rotatable bonds is 7. The quantitative estimate of drug-likeness (QED) is 0.810. The molecule has 1 aromatic heterocycles. The monoisotopic (exact) mass is 343 g/mol. The van der Waals surface area contributed by atoms with Crippen LogP contribution in [0.2, 0.25) is 0 Å². The minimum absolute atomic E-state index is 0.142. The van der Waals surface area contributed by atoms with Crippen molar-refractivity contribution >= 4 is 21.6 Å². The Hall–Kier alpha value is -1.37. The van der Waals surface area contributed by atoms with E-state index < -0.39 is 6.10 Å². The van der Waals surface area contributed by atoms with Gasteiger partial charge in [0.05, 0.1) is 24.7 Å². The third-order valence-electron chi connectivity index (χ3n) is 2.59. The van der Waals surface area contributed by atoms with Crippen molar-refractivity contribution in [1.29, 1.82) is 0 Å². The molecule has 2 aromatic rings. The summed E-state index contributed by atoms with van der Waals surface area (Å²) < 4.78 is 24.6.